The molecule has 11 heavy (non-hydrogen) atoms. The van der Waals surface area contributed by atoms with Gasteiger partial charge in [0, 0.05) is 14.1 Å². The fourth-order valence-electron chi connectivity index (χ4n) is 0.450. The molecule has 0 atom stereocenters. The van der Waals surface area contributed by atoms with Crippen LogP contribution >= 0.6 is 0 Å². The number of carbonyl (C=O) groups is 1. The third kappa shape index (κ3) is 7.24. The molecule has 0 fully saturated rings. The Balaban J connectivity index is 3.23. The minimum Gasteiger partial charge on any atom is -0.394 e. The first-order valence-corrected chi connectivity index (χ1v) is 3.23. The molecule has 0 aliphatic rings. The van der Waals surface area contributed by atoms with Crippen molar-refractivity contribution in [1.82, 2.24) is 5.06 Å². The summed E-state index contributed by atoms with van der Waals surface area (Å²) in [6.07, 6.45) is 0. The number of carbonyl (C=O) groups excluding carboxylic acids is 1. The number of ether oxygens (including phenoxy) is 1. The largest absolute Gasteiger partial charge is 0.394 e. The third-order valence-corrected chi connectivity index (χ3v) is 0.740. The lowest BCUT2D eigenvalue weighted by atomic mass is 10.7. The van der Waals surface area contributed by atoms with Crippen molar-refractivity contribution in [3.05, 3.63) is 0 Å². The standard InChI is InChI=1S/C6H13NO4/c1-7(2)11-6(9)5-10-4-3-8/h8H,3-5H2,1-2H3. The van der Waals surface area contributed by atoms with Crippen molar-refractivity contribution in [2.24, 2.45) is 0 Å². The van der Waals surface area contributed by atoms with Crippen LogP contribution in [-0.2, 0) is 14.4 Å². The van der Waals surface area contributed by atoms with Gasteiger partial charge in [-0.1, -0.05) is 0 Å². The Morgan fingerprint density at radius 1 is 1.55 bits per heavy atom. The lowest BCUT2D eigenvalue weighted by Gasteiger charge is -2.09. The summed E-state index contributed by atoms with van der Waals surface area (Å²) in [6, 6.07) is 0. The SMILES string of the molecule is CN(C)OC(=O)COCCO. The molecule has 0 aliphatic carbocycles. The first-order chi connectivity index (χ1) is 5.16. The summed E-state index contributed by atoms with van der Waals surface area (Å²) < 4.78 is 4.69. The summed E-state index contributed by atoms with van der Waals surface area (Å²) in [5, 5.41) is 9.56. The van der Waals surface area contributed by atoms with Gasteiger partial charge in [-0.25, -0.2) is 4.79 Å². The highest BCUT2D eigenvalue weighted by Gasteiger charge is 2.03. The predicted molar refractivity (Wildman–Crippen MR) is 37.7 cm³/mol. The second-order valence-corrected chi connectivity index (χ2v) is 2.05. The molecule has 0 heterocycles. The molecule has 0 rings (SSSR count). The number of aliphatic hydroxyl groups is 1. The monoisotopic (exact) mass is 163 g/mol. The van der Waals surface area contributed by atoms with Gasteiger partial charge in [0.1, 0.15) is 6.61 Å². The molecule has 0 saturated heterocycles. The van der Waals surface area contributed by atoms with Crippen LogP contribution in [0, 0.1) is 0 Å². The van der Waals surface area contributed by atoms with Crippen LogP contribution in [0.5, 0.6) is 0 Å². The van der Waals surface area contributed by atoms with Crippen LogP contribution in [0.3, 0.4) is 0 Å². The van der Waals surface area contributed by atoms with Crippen molar-refractivity contribution < 1.29 is 19.5 Å². The van der Waals surface area contributed by atoms with Gasteiger partial charge in [0.15, 0.2) is 0 Å². The number of hydroxylamine groups is 2. The fourth-order valence-corrected chi connectivity index (χ4v) is 0.450. The van der Waals surface area contributed by atoms with Crippen molar-refractivity contribution in [2.45, 2.75) is 0 Å². The highest BCUT2D eigenvalue weighted by Crippen LogP contribution is 1.83. The zero-order chi connectivity index (χ0) is 8.69. The molecule has 0 aromatic carbocycles. The van der Waals surface area contributed by atoms with Gasteiger partial charge in [-0.3, -0.25) is 0 Å². The summed E-state index contributed by atoms with van der Waals surface area (Å²) in [5.41, 5.74) is 0. The van der Waals surface area contributed by atoms with E-state index in [1.165, 1.54) is 5.06 Å². The molecule has 0 amide bonds. The molecule has 5 nitrogen and oxygen atoms in total. The van der Waals surface area contributed by atoms with Crippen LogP contribution in [0.1, 0.15) is 0 Å². The minimum atomic E-state index is -0.469. The molecule has 5 heteroatoms. The van der Waals surface area contributed by atoms with E-state index < -0.39 is 5.97 Å². The van der Waals surface area contributed by atoms with Gasteiger partial charge in [-0.2, -0.15) is 0 Å². The molecule has 0 aromatic heterocycles. The van der Waals surface area contributed by atoms with Crippen molar-refractivity contribution in [3.63, 3.8) is 0 Å². The molecule has 0 saturated carbocycles. The highest BCUT2D eigenvalue weighted by molar-refractivity contribution is 5.70. The van der Waals surface area contributed by atoms with Crippen molar-refractivity contribution in [2.75, 3.05) is 33.9 Å². The second kappa shape index (κ2) is 6.09. The van der Waals surface area contributed by atoms with Crippen LogP contribution in [0.2, 0.25) is 0 Å². The average Bonchev–Trinajstić information content (AvgIpc) is 1.86. The average molecular weight is 163 g/mol. The summed E-state index contributed by atoms with van der Waals surface area (Å²) in [7, 11) is 3.20. The maximum atomic E-state index is 10.7. The maximum absolute atomic E-state index is 10.7. The smallest absolute Gasteiger partial charge is 0.350 e. The van der Waals surface area contributed by atoms with Gasteiger partial charge in [-0.15, -0.1) is 5.06 Å². The molecule has 0 unspecified atom stereocenters. The lowest BCUT2D eigenvalue weighted by molar-refractivity contribution is -0.183. The summed E-state index contributed by atoms with van der Waals surface area (Å²) in [5.74, 6) is -0.469. The Hall–Kier alpha value is -0.650. The van der Waals surface area contributed by atoms with Crippen molar-refractivity contribution in [3.8, 4) is 0 Å². The van der Waals surface area contributed by atoms with E-state index in [9.17, 15) is 4.79 Å². The van der Waals surface area contributed by atoms with E-state index >= 15 is 0 Å². The van der Waals surface area contributed by atoms with Gasteiger partial charge in [-0.05, 0) is 0 Å². The fraction of sp³-hybridized carbons (Fsp3) is 0.833. The molecule has 0 aromatic rings. The number of aliphatic hydroxyl groups excluding tert-OH is 1. The Bertz CT molecular complexity index is 115. The normalized spacial score (nSPS) is 10.2. The molecule has 0 aliphatic heterocycles. The zero-order valence-corrected chi connectivity index (χ0v) is 6.74. The van der Waals surface area contributed by atoms with E-state index in [0.717, 1.165) is 0 Å². The topological polar surface area (TPSA) is 59.0 Å². The summed E-state index contributed by atoms with van der Waals surface area (Å²) >= 11 is 0. The molecule has 0 bridgehead atoms. The lowest BCUT2D eigenvalue weighted by Crippen LogP contribution is -2.22. The van der Waals surface area contributed by atoms with Crippen LogP contribution in [0.4, 0.5) is 0 Å². The maximum Gasteiger partial charge on any atom is 0.350 e. The van der Waals surface area contributed by atoms with Crippen molar-refractivity contribution >= 4 is 5.97 Å². The van der Waals surface area contributed by atoms with Gasteiger partial charge >= 0.3 is 5.97 Å². The number of hydrogen-bond donors (Lipinski definition) is 1. The molecular formula is C6H13NO4. The van der Waals surface area contributed by atoms with Gasteiger partial charge in [0.05, 0.1) is 13.2 Å². The van der Waals surface area contributed by atoms with E-state index in [0.29, 0.717) is 0 Å². The van der Waals surface area contributed by atoms with E-state index in [1.807, 2.05) is 0 Å². The molecule has 1 N–H and O–H groups in total. The van der Waals surface area contributed by atoms with E-state index in [4.69, 9.17) is 9.84 Å². The Morgan fingerprint density at radius 3 is 2.64 bits per heavy atom. The molecule has 0 spiro atoms. The quantitative estimate of drug-likeness (QED) is 0.417. The Morgan fingerprint density at radius 2 is 2.18 bits per heavy atom. The van der Waals surface area contributed by atoms with Crippen LogP contribution in [0.15, 0.2) is 0 Å². The molecule has 66 valence electrons. The van der Waals surface area contributed by atoms with Gasteiger partial charge in [0.2, 0.25) is 0 Å². The second-order valence-electron chi connectivity index (χ2n) is 2.05. The zero-order valence-electron chi connectivity index (χ0n) is 6.74. The minimum absolute atomic E-state index is 0.0881. The highest BCUT2D eigenvalue weighted by atomic mass is 16.7. The number of hydrogen-bond acceptors (Lipinski definition) is 5. The Kier molecular flexibility index (Phi) is 5.73. The summed E-state index contributed by atoms with van der Waals surface area (Å²) in [4.78, 5) is 15.2. The summed E-state index contributed by atoms with van der Waals surface area (Å²) in [6.45, 7) is -0.0590. The predicted octanol–water partition coefficient (Wildman–Crippen LogP) is -0.985. The Labute approximate surface area is 65.5 Å². The van der Waals surface area contributed by atoms with Crippen LogP contribution < -0.4 is 0 Å². The van der Waals surface area contributed by atoms with E-state index in [1.54, 1.807) is 14.1 Å². The molecular weight excluding hydrogens is 150 g/mol. The van der Waals surface area contributed by atoms with E-state index in [-0.39, 0.29) is 19.8 Å². The van der Waals surface area contributed by atoms with Crippen LogP contribution in [-0.4, -0.2) is 50.1 Å². The van der Waals surface area contributed by atoms with Crippen LogP contribution in [0.25, 0.3) is 0 Å². The van der Waals surface area contributed by atoms with Gasteiger partial charge < -0.3 is 14.7 Å². The first kappa shape index (κ1) is 10.3. The molecule has 0 radical (unpaired) electrons. The number of rotatable bonds is 5. The van der Waals surface area contributed by atoms with Crippen molar-refractivity contribution in [1.29, 1.82) is 0 Å². The van der Waals surface area contributed by atoms with Gasteiger partial charge in [0.25, 0.3) is 0 Å². The third-order valence-electron chi connectivity index (χ3n) is 0.740. The first-order valence-electron chi connectivity index (χ1n) is 3.23. The van der Waals surface area contributed by atoms with E-state index in [2.05, 4.69) is 4.84 Å². The number of nitrogens with zero attached hydrogens (tertiary/aromatic N) is 1.